The van der Waals surface area contributed by atoms with Crippen molar-refractivity contribution in [1.29, 1.82) is 0 Å². The van der Waals surface area contributed by atoms with Gasteiger partial charge in [-0.05, 0) is 32.8 Å². The highest BCUT2D eigenvalue weighted by Crippen LogP contribution is 2.03. The lowest BCUT2D eigenvalue weighted by Gasteiger charge is -2.08. The third-order valence-corrected chi connectivity index (χ3v) is 1.62. The van der Waals surface area contributed by atoms with Crippen LogP contribution in [-0.4, -0.2) is 0 Å². The molecule has 0 bridgehead atoms. The van der Waals surface area contributed by atoms with Gasteiger partial charge in [0.05, 0.1) is 0 Å². The smallest absolute Gasteiger partial charge is 0.0340 e. The van der Waals surface area contributed by atoms with Gasteiger partial charge >= 0.3 is 0 Å². The zero-order valence-electron chi connectivity index (χ0n) is 9.28. The van der Waals surface area contributed by atoms with E-state index in [1.807, 2.05) is 0 Å². The van der Waals surface area contributed by atoms with Crippen LogP contribution in [-0.2, 0) is 0 Å². The summed E-state index contributed by atoms with van der Waals surface area (Å²) in [5, 5.41) is 3.29. The summed E-state index contributed by atoms with van der Waals surface area (Å²) in [6, 6.07) is 0. The number of hydrogen-bond acceptors (Lipinski definition) is 1. The van der Waals surface area contributed by atoms with E-state index in [0.717, 1.165) is 24.2 Å². The molecule has 0 atom stereocenters. The number of nitrogens with one attached hydrogen (secondary N) is 1. The van der Waals surface area contributed by atoms with Crippen LogP contribution in [0.15, 0.2) is 35.7 Å². The van der Waals surface area contributed by atoms with E-state index in [9.17, 15) is 0 Å². The minimum Gasteiger partial charge on any atom is -0.360 e. The number of rotatable bonds is 5. The summed E-state index contributed by atoms with van der Waals surface area (Å²) in [6.45, 7) is 12.3. The Morgan fingerprint density at radius 2 is 1.92 bits per heavy atom. The van der Waals surface area contributed by atoms with Crippen molar-refractivity contribution in [2.45, 2.75) is 40.5 Å². The number of allylic oxidation sites excluding steroid dienone is 4. The number of hydrogen-bond donors (Lipinski definition) is 1. The summed E-state index contributed by atoms with van der Waals surface area (Å²) in [5.74, 6) is 0. The van der Waals surface area contributed by atoms with Gasteiger partial charge in [-0.25, -0.2) is 0 Å². The molecule has 0 heterocycles. The molecule has 0 saturated carbocycles. The van der Waals surface area contributed by atoms with E-state index in [0.29, 0.717) is 0 Å². The van der Waals surface area contributed by atoms with Crippen molar-refractivity contribution in [1.82, 2.24) is 5.32 Å². The maximum absolute atomic E-state index is 3.92. The van der Waals surface area contributed by atoms with Crippen molar-refractivity contribution in [2.24, 2.45) is 0 Å². The largest absolute Gasteiger partial charge is 0.360 e. The van der Waals surface area contributed by atoms with Crippen LogP contribution in [0.3, 0.4) is 0 Å². The van der Waals surface area contributed by atoms with Crippen LogP contribution in [0.5, 0.6) is 0 Å². The molecule has 0 fully saturated rings. The molecule has 1 nitrogen and oxygen atoms in total. The Balaban J connectivity index is 4.37. The van der Waals surface area contributed by atoms with Gasteiger partial charge < -0.3 is 5.32 Å². The van der Waals surface area contributed by atoms with Crippen LogP contribution in [0.2, 0.25) is 0 Å². The van der Waals surface area contributed by atoms with Gasteiger partial charge in [0, 0.05) is 11.4 Å². The van der Waals surface area contributed by atoms with Gasteiger partial charge in [-0.2, -0.15) is 0 Å². The predicted molar refractivity (Wildman–Crippen MR) is 60.4 cm³/mol. The Bertz CT molecular complexity index is 217. The molecule has 0 saturated heterocycles. The molecule has 13 heavy (non-hydrogen) atoms. The van der Waals surface area contributed by atoms with Crippen LogP contribution in [0.1, 0.15) is 40.5 Å². The monoisotopic (exact) mass is 179 g/mol. The highest BCUT2D eigenvalue weighted by molar-refractivity contribution is 5.23. The molecule has 1 heteroatoms. The first-order valence-electron chi connectivity index (χ1n) is 4.90. The molecule has 0 aromatic carbocycles. The fraction of sp³-hybridized carbons (Fsp3) is 0.500. The van der Waals surface area contributed by atoms with E-state index >= 15 is 0 Å². The van der Waals surface area contributed by atoms with Crippen molar-refractivity contribution >= 4 is 0 Å². The van der Waals surface area contributed by atoms with E-state index in [1.54, 1.807) is 0 Å². The van der Waals surface area contributed by atoms with Gasteiger partial charge in [-0.15, -0.1) is 0 Å². The lowest BCUT2D eigenvalue weighted by molar-refractivity contribution is 0.908. The summed E-state index contributed by atoms with van der Waals surface area (Å²) in [4.78, 5) is 0. The van der Waals surface area contributed by atoms with Gasteiger partial charge in [-0.1, -0.05) is 32.1 Å². The molecule has 0 aromatic heterocycles. The van der Waals surface area contributed by atoms with Crippen molar-refractivity contribution < 1.29 is 0 Å². The molecular formula is C12H21N. The summed E-state index contributed by atoms with van der Waals surface area (Å²) >= 11 is 0. The maximum atomic E-state index is 3.92. The van der Waals surface area contributed by atoms with Gasteiger partial charge in [0.1, 0.15) is 0 Å². The van der Waals surface area contributed by atoms with Crippen LogP contribution < -0.4 is 5.32 Å². The molecule has 1 N–H and O–H groups in total. The molecule has 0 aliphatic rings. The first kappa shape index (κ1) is 12.0. The van der Waals surface area contributed by atoms with Crippen molar-refractivity contribution in [3.8, 4) is 0 Å². The molecule has 0 aliphatic carbocycles. The zero-order chi connectivity index (χ0) is 10.3. The Morgan fingerprint density at radius 3 is 2.31 bits per heavy atom. The maximum Gasteiger partial charge on any atom is 0.0340 e. The van der Waals surface area contributed by atoms with E-state index in [2.05, 4.69) is 51.7 Å². The zero-order valence-corrected chi connectivity index (χ0v) is 9.28. The van der Waals surface area contributed by atoms with Gasteiger partial charge in [0.25, 0.3) is 0 Å². The highest BCUT2D eigenvalue weighted by Gasteiger charge is 1.93. The lowest BCUT2D eigenvalue weighted by Crippen LogP contribution is -2.09. The quantitative estimate of drug-likeness (QED) is 0.634. The molecule has 0 spiro atoms. The molecule has 0 radical (unpaired) electrons. The third kappa shape index (κ3) is 6.21. The van der Waals surface area contributed by atoms with E-state index < -0.39 is 0 Å². The molecular weight excluding hydrogens is 158 g/mol. The molecule has 74 valence electrons. The topological polar surface area (TPSA) is 12.0 Å². The molecule has 0 rings (SSSR count). The average Bonchev–Trinajstić information content (AvgIpc) is 2.03. The molecule has 0 unspecified atom stereocenters. The standard InChI is InChI=1S/C12H21N/c1-6-8-12(9-10(3)4)13-11(5)7-2/h8-9,13H,5-7H2,1-4H3/b12-8+. The minimum absolute atomic E-state index is 0.970. The van der Waals surface area contributed by atoms with Crippen LogP contribution in [0.4, 0.5) is 0 Å². The fourth-order valence-corrected chi connectivity index (χ4v) is 0.969. The van der Waals surface area contributed by atoms with Crippen molar-refractivity contribution in [3.63, 3.8) is 0 Å². The van der Waals surface area contributed by atoms with E-state index in [4.69, 9.17) is 0 Å². The normalized spacial score (nSPS) is 10.9. The third-order valence-electron chi connectivity index (χ3n) is 1.62. The van der Waals surface area contributed by atoms with E-state index in [-0.39, 0.29) is 0 Å². The second-order valence-corrected chi connectivity index (χ2v) is 3.37. The van der Waals surface area contributed by atoms with E-state index in [1.165, 1.54) is 5.57 Å². The van der Waals surface area contributed by atoms with Crippen LogP contribution >= 0.6 is 0 Å². The molecule has 0 aromatic rings. The minimum atomic E-state index is 0.970. The van der Waals surface area contributed by atoms with Gasteiger partial charge in [0.15, 0.2) is 0 Å². The highest BCUT2D eigenvalue weighted by atomic mass is 14.9. The Kier molecular flexibility index (Phi) is 6.03. The SMILES string of the molecule is C=C(CC)N/C(C=C(C)C)=C/CC. The Labute approximate surface area is 82.2 Å². The molecule has 0 aliphatic heterocycles. The summed E-state index contributed by atoms with van der Waals surface area (Å²) in [6.07, 6.45) is 6.33. The Hall–Kier alpha value is -0.980. The van der Waals surface area contributed by atoms with Gasteiger partial charge in [-0.3, -0.25) is 0 Å². The van der Waals surface area contributed by atoms with Crippen molar-refractivity contribution in [3.05, 3.63) is 35.7 Å². The average molecular weight is 179 g/mol. The first-order valence-corrected chi connectivity index (χ1v) is 4.90. The van der Waals surface area contributed by atoms with Crippen LogP contribution in [0.25, 0.3) is 0 Å². The second kappa shape index (κ2) is 6.53. The predicted octanol–water partition coefficient (Wildman–Crippen LogP) is 3.76. The summed E-state index contributed by atoms with van der Waals surface area (Å²) in [7, 11) is 0. The first-order chi connectivity index (χ1) is 6.10. The second-order valence-electron chi connectivity index (χ2n) is 3.37. The lowest BCUT2D eigenvalue weighted by atomic mass is 10.2. The fourth-order valence-electron chi connectivity index (χ4n) is 0.969. The van der Waals surface area contributed by atoms with Crippen molar-refractivity contribution in [2.75, 3.05) is 0 Å². The summed E-state index contributed by atoms with van der Waals surface area (Å²) in [5.41, 5.74) is 3.53. The van der Waals surface area contributed by atoms with Gasteiger partial charge in [0.2, 0.25) is 0 Å². The Morgan fingerprint density at radius 1 is 1.31 bits per heavy atom. The van der Waals surface area contributed by atoms with Crippen LogP contribution in [0, 0.1) is 0 Å². The molecule has 0 amide bonds. The summed E-state index contributed by atoms with van der Waals surface area (Å²) < 4.78 is 0.